The Hall–Kier alpha value is -6.07. The van der Waals surface area contributed by atoms with Gasteiger partial charge in [-0.1, -0.05) is 6.07 Å². The molecule has 17 nitrogen and oxygen atoms in total. The van der Waals surface area contributed by atoms with Crippen molar-refractivity contribution in [2.24, 2.45) is 26.9 Å². The van der Waals surface area contributed by atoms with E-state index in [2.05, 4.69) is 21.3 Å². The van der Waals surface area contributed by atoms with Gasteiger partial charge in [0, 0.05) is 64.8 Å². The first-order chi connectivity index (χ1) is 22.3. The lowest BCUT2D eigenvalue weighted by molar-refractivity contribution is -0.383. The van der Waals surface area contributed by atoms with Crippen LogP contribution in [-0.2, 0) is 21.1 Å². The standard InChI is InChI=1S/C30H30N10O7.2ClH/c1-37-13-16(9-21(37)27(41)33-8-7-26(31)32)34-28(42)22-10-17(14-38(22)2)35-29(43)23-11-18(15-39(23)3)36-30(44)25-12-19-20(40(45)46)5-4-6-24(19)47-25;;/h4-6,9-15H,7-8H2,1-3H3,(H3,31,32)(H,33,41)(H,34,42)(H,35,43)(H,36,44);2*1H. The van der Waals surface area contributed by atoms with E-state index in [0.717, 1.165) is 0 Å². The smallest absolute Gasteiger partial charge is 0.291 e. The first kappa shape index (κ1) is 37.4. The molecular formula is C30H32Cl2N10O7. The number of halogens is 2. The molecule has 4 aromatic heterocycles. The van der Waals surface area contributed by atoms with Gasteiger partial charge < -0.3 is 45.1 Å². The van der Waals surface area contributed by atoms with Crippen molar-refractivity contribution in [2.45, 2.75) is 6.42 Å². The minimum Gasteiger partial charge on any atom is -0.451 e. The van der Waals surface area contributed by atoms with Crippen LogP contribution in [-0.4, -0.2) is 54.6 Å². The number of non-ortho nitro benzene ring substituents is 1. The van der Waals surface area contributed by atoms with Crippen molar-refractivity contribution < 1.29 is 28.5 Å². The van der Waals surface area contributed by atoms with Gasteiger partial charge in [-0.3, -0.25) is 34.7 Å². The molecule has 0 aliphatic carbocycles. The molecule has 0 unspecified atom stereocenters. The summed E-state index contributed by atoms with van der Waals surface area (Å²) in [5.74, 6) is -2.24. The average Bonchev–Trinajstić information content (AvgIpc) is 3.77. The molecule has 0 spiro atoms. The highest BCUT2D eigenvalue weighted by Crippen LogP contribution is 2.29. The second-order valence-electron chi connectivity index (χ2n) is 10.6. The Morgan fingerprint density at radius 3 is 1.73 bits per heavy atom. The predicted molar refractivity (Wildman–Crippen MR) is 186 cm³/mol. The van der Waals surface area contributed by atoms with Crippen LogP contribution < -0.4 is 27.0 Å². The summed E-state index contributed by atoms with van der Waals surface area (Å²) in [4.78, 5) is 62.2. The molecule has 19 heteroatoms. The molecule has 0 atom stereocenters. The molecule has 4 amide bonds. The van der Waals surface area contributed by atoms with E-state index in [4.69, 9.17) is 15.6 Å². The fourth-order valence-corrected chi connectivity index (χ4v) is 4.88. The van der Waals surface area contributed by atoms with Crippen LogP contribution in [0.4, 0.5) is 22.7 Å². The van der Waals surface area contributed by atoms with Crippen LogP contribution >= 0.6 is 24.8 Å². The second kappa shape index (κ2) is 15.2. The van der Waals surface area contributed by atoms with Crippen LogP contribution in [0.5, 0.6) is 0 Å². The predicted octanol–water partition coefficient (Wildman–Crippen LogP) is 4.01. The van der Waals surface area contributed by atoms with Crippen LogP contribution in [0, 0.1) is 15.5 Å². The Morgan fingerprint density at radius 2 is 1.27 bits per heavy atom. The summed E-state index contributed by atoms with van der Waals surface area (Å²) in [5.41, 5.74) is 7.00. The zero-order valence-corrected chi connectivity index (χ0v) is 27.9. The van der Waals surface area contributed by atoms with E-state index in [1.54, 1.807) is 38.1 Å². The molecule has 0 saturated carbocycles. The van der Waals surface area contributed by atoms with Gasteiger partial charge in [-0.05, 0) is 24.3 Å². The number of hydrogen-bond donors (Lipinski definition) is 6. The van der Waals surface area contributed by atoms with E-state index in [1.165, 1.54) is 57.8 Å². The number of nitrogens with one attached hydrogen (secondary N) is 5. The third-order valence-electron chi connectivity index (χ3n) is 7.13. The van der Waals surface area contributed by atoms with Gasteiger partial charge in [0.15, 0.2) is 5.76 Å². The van der Waals surface area contributed by atoms with Crippen molar-refractivity contribution in [3.63, 3.8) is 0 Å². The Labute approximate surface area is 290 Å². The van der Waals surface area contributed by atoms with E-state index >= 15 is 0 Å². The van der Waals surface area contributed by atoms with Gasteiger partial charge >= 0.3 is 0 Å². The van der Waals surface area contributed by atoms with Gasteiger partial charge in [-0.25, -0.2) is 0 Å². The number of rotatable bonds is 11. The van der Waals surface area contributed by atoms with Crippen molar-refractivity contribution >= 4 is 88.0 Å². The SMILES string of the molecule is Cl.Cl.Cn1cc(NC(=O)c2cc(NC(=O)c3cc(NC(=O)c4cc5c([N+](=O)[O-])cccc5o4)cn3C)cn2C)cc1C(=O)NCCC(=N)N. The number of furan rings is 1. The number of nitrogens with two attached hydrogens (primary N) is 1. The lowest BCUT2D eigenvalue weighted by Crippen LogP contribution is -2.28. The number of benzene rings is 1. The number of anilines is 3. The molecule has 0 bridgehead atoms. The number of aryl methyl sites for hydroxylation is 3. The quantitative estimate of drug-likeness (QED) is 0.0504. The molecule has 0 aliphatic heterocycles. The lowest BCUT2D eigenvalue weighted by atomic mass is 10.2. The number of fused-ring (bicyclic) bond motifs is 1. The highest BCUT2D eigenvalue weighted by Gasteiger charge is 2.22. The van der Waals surface area contributed by atoms with Crippen LogP contribution in [0.3, 0.4) is 0 Å². The van der Waals surface area contributed by atoms with Crippen molar-refractivity contribution in [1.82, 2.24) is 19.0 Å². The number of carbonyl (C=O) groups is 4. The third-order valence-corrected chi connectivity index (χ3v) is 7.13. The van der Waals surface area contributed by atoms with E-state index in [0.29, 0.717) is 17.1 Å². The minimum absolute atomic E-state index is 0. The van der Waals surface area contributed by atoms with E-state index in [-0.39, 0.29) is 89.0 Å². The van der Waals surface area contributed by atoms with Crippen molar-refractivity contribution in [1.29, 1.82) is 5.41 Å². The van der Waals surface area contributed by atoms with Crippen LogP contribution in [0.25, 0.3) is 11.0 Å². The molecule has 0 fully saturated rings. The number of amides is 4. The molecule has 7 N–H and O–H groups in total. The number of nitrogens with zero attached hydrogens (tertiary/aromatic N) is 4. The maximum Gasteiger partial charge on any atom is 0.291 e. The van der Waals surface area contributed by atoms with Gasteiger partial charge in [0.1, 0.15) is 22.7 Å². The second-order valence-corrected chi connectivity index (χ2v) is 10.6. The van der Waals surface area contributed by atoms with Crippen LogP contribution in [0.1, 0.15) is 48.4 Å². The zero-order valence-electron chi connectivity index (χ0n) is 26.2. The Morgan fingerprint density at radius 1 is 0.796 bits per heavy atom. The summed E-state index contributed by atoms with van der Waals surface area (Å²) in [6.07, 6.45) is 4.86. The minimum atomic E-state index is -0.661. The van der Waals surface area contributed by atoms with Gasteiger partial charge in [-0.15, -0.1) is 24.8 Å². The molecule has 0 aliphatic rings. The molecular weight excluding hydrogens is 683 g/mol. The average molecular weight is 716 g/mol. The fraction of sp³-hybridized carbons (Fsp3) is 0.167. The molecule has 0 saturated heterocycles. The van der Waals surface area contributed by atoms with Gasteiger partial charge in [0.25, 0.3) is 29.3 Å². The zero-order chi connectivity index (χ0) is 34.0. The molecule has 49 heavy (non-hydrogen) atoms. The molecule has 0 radical (unpaired) electrons. The number of amidine groups is 1. The van der Waals surface area contributed by atoms with Crippen molar-refractivity contribution in [2.75, 3.05) is 22.5 Å². The Balaban J connectivity index is 0.00000325. The third kappa shape index (κ3) is 8.27. The molecule has 258 valence electrons. The first-order valence-corrected chi connectivity index (χ1v) is 14.0. The Kier molecular flexibility index (Phi) is 11.6. The largest absolute Gasteiger partial charge is 0.451 e. The van der Waals surface area contributed by atoms with E-state index < -0.39 is 22.6 Å². The van der Waals surface area contributed by atoms with E-state index in [9.17, 15) is 29.3 Å². The summed E-state index contributed by atoms with van der Waals surface area (Å²) in [5, 5.41) is 29.5. The summed E-state index contributed by atoms with van der Waals surface area (Å²) >= 11 is 0. The number of aromatic nitrogens is 3. The lowest BCUT2D eigenvalue weighted by Gasteiger charge is -2.04. The van der Waals surface area contributed by atoms with Crippen molar-refractivity contribution in [3.8, 4) is 0 Å². The highest BCUT2D eigenvalue weighted by molar-refractivity contribution is 6.09. The summed E-state index contributed by atoms with van der Waals surface area (Å²) < 4.78 is 10.1. The summed E-state index contributed by atoms with van der Waals surface area (Å²) in [6, 6.07) is 10.0. The molecule has 5 rings (SSSR count). The summed E-state index contributed by atoms with van der Waals surface area (Å²) in [6.45, 7) is 0.203. The Bertz CT molecular complexity index is 2090. The first-order valence-electron chi connectivity index (χ1n) is 14.0. The number of nitro groups is 1. The molecule has 4 heterocycles. The molecule has 1 aromatic carbocycles. The highest BCUT2D eigenvalue weighted by atomic mass is 35.5. The van der Waals surface area contributed by atoms with Gasteiger partial charge in [0.05, 0.1) is 33.2 Å². The van der Waals surface area contributed by atoms with Gasteiger partial charge in [0.2, 0.25) is 0 Å². The monoisotopic (exact) mass is 714 g/mol. The van der Waals surface area contributed by atoms with Gasteiger partial charge in [-0.2, -0.15) is 0 Å². The number of nitro benzene ring substituents is 1. The number of carbonyl (C=O) groups excluding carboxylic acids is 4. The maximum absolute atomic E-state index is 13.1. The maximum atomic E-state index is 13.1. The van der Waals surface area contributed by atoms with Crippen LogP contribution in [0.15, 0.2) is 65.5 Å². The normalized spacial score (nSPS) is 10.4. The van der Waals surface area contributed by atoms with Crippen molar-refractivity contribution in [3.05, 3.63) is 94.0 Å². The topological polar surface area (TPSA) is 237 Å². The molecule has 5 aromatic rings. The summed E-state index contributed by atoms with van der Waals surface area (Å²) in [7, 11) is 4.89. The number of hydrogen-bond acceptors (Lipinski definition) is 8. The van der Waals surface area contributed by atoms with E-state index in [1.807, 2.05) is 0 Å². The van der Waals surface area contributed by atoms with Crippen LogP contribution in [0.2, 0.25) is 0 Å². The fourth-order valence-electron chi connectivity index (χ4n) is 4.88.